The summed E-state index contributed by atoms with van der Waals surface area (Å²) in [7, 11) is 0. The highest BCUT2D eigenvalue weighted by atomic mass is 16.4. The summed E-state index contributed by atoms with van der Waals surface area (Å²) in [4.78, 5) is 62.5. The lowest BCUT2D eigenvalue weighted by molar-refractivity contribution is -0.139. The fraction of sp³-hybridized carbons (Fsp3) is 0.261. The molecule has 2 aromatic heterocycles. The predicted molar refractivity (Wildman–Crippen MR) is 132 cm³/mol. The van der Waals surface area contributed by atoms with E-state index in [9.17, 15) is 24.3 Å². The molecule has 188 valence electrons. The van der Waals surface area contributed by atoms with Gasteiger partial charge in [0.25, 0.3) is 11.5 Å². The molecule has 2 amide bonds. The number of carboxylic acids is 1. The van der Waals surface area contributed by atoms with Gasteiger partial charge in [-0.05, 0) is 37.6 Å². The molecule has 3 aromatic rings. The number of fused-ring (bicyclic) bond motifs is 1. The highest BCUT2D eigenvalue weighted by Crippen LogP contribution is 2.12. The van der Waals surface area contributed by atoms with E-state index in [2.05, 4.69) is 42.5 Å². The van der Waals surface area contributed by atoms with Crippen molar-refractivity contribution < 1.29 is 19.5 Å². The molecule has 0 saturated heterocycles. The average molecular weight is 495 g/mol. The van der Waals surface area contributed by atoms with Crippen molar-refractivity contribution in [3.8, 4) is 0 Å². The van der Waals surface area contributed by atoms with Gasteiger partial charge in [-0.1, -0.05) is 12.2 Å². The average Bonchev–Trinajstić information content (AvgIpc) is 2.84. The quantitative estimate of drug-likeness (QED) is 0.204. The van der Waals surface area contributed by atoms with E-state index in [1.807, 2.05) is 0 Å². The van der Waals surface area contributed by atoms with Crippen LogP contribution in [0.2, 0.25) is 0 Å². The van der Waals surface area contributed by atoms with Crippen molar-refractivity contribution in [2.75, 3.05) is 17.6 Å². The Balaban J connectivity index is 1.56. The van der Waals surface area contributed by atoms with Crippen LogP contribution < -0.4 is 27.2 Å². The third-order valence-corrected chi connectivity index (χ3v) is 4.96. The van der Waals surface area contributed by atoms with Gasteiger partial charge in [0.05, 0.1) is 18.4 Å². The zero-order valence-corrected chi connectivity index (χ0v) is 19.5. The number of aliphatic carboxylic acids is 1. The van der Waals surface area contributed by atoms with Crippen molar-refractivity contribution in [1.29, 1.82) is 0 Å². The smallest absolute Gasteiger partial charge is 0.326 e. The molecule has 0 bridgehead atoms. The zero-order chi connectivity index (χ0) is 26.2. The number of nitrogens with one attached hydrogen (secondary N) is 4. The minimum atomic E-state index is -1.23. The molecule has 1 aromatic carbocycles. The molecule has 0 unspecified atom stereocenters. The Morgan fingerprint density at radius 3 is 2.58 bits per heavy atom. The summed E-state index contributed by atoms with van der Waals surface area (Å²) in [5.41, 5.74) is 7.37. The molecule has 36 heavy (non-hydrogen) atoms. The van der Waals surface area contributed by atoms with Gasteiger partial charge in [0, 0.05) is 24.2 Å². The number of H-pyrrole nitrogens is 1. The van der Waals surface area contributed by atoms with Crippen molar-refractivity contribution >= 4 is 40.6 Å². The third-order valence-electron chi connectivity index (χ3n) is 4.96. The number of hydrogen-bond acceptors (Lipinski definition) is 9. The Morgan fingerprint density at radius 2 is 1.92 bits per heavy atom. The summed E-state index contributed by atoms with van der Waals surface area (Å²) < 4.78 is 0. The summed E-state index contributed by atoms with van der Waals surface area (Å²) >= 11 is 0. The minimum absolute atomic E-state index is 0.0458. The predicted octanol–water partition coefficient (Wildman–Crippen LogP) is 0.563. The second kappa shape index (κ2) is 11.6. The largest absolute Gasteiger partial charge is 0.480 e. The maximum Gasteiger partial charge on any atom is 0.326 e. The lowest BCUT2D eigenvalue weighted by atomic mass is 10.1. The van der Waals surface area contributed by atoms with Crippen molar-refractivity contribution in [2.45, 2.75) is 32.4 Å². The first-order valence-corrected chi connectivity index (χ1v) is 10.9. The van der Waals surface area contributed by atoms with Crippen LogP contribution in [-0.4, -0.2) is 55.4 Å². The Bertz CT molecular complexity index is 1350. The molecule has 2 heterocycles. The van der Waals surface area contributed by atoms with Crippen LogP contribution in [-0.2, 0) is 16.1 Å². The van der Waals surface area contributed by atoms with E-state index >= 15 is 0 Å². The van der Waals surface area contributed by atoms with Crippen LogP contribution in [0.5, 0.6) is 0 Å². The van der Waals surface area contributed by atoms with E-state index in [0.717, 1.165) is 5.57 Å². The summed E-state index contributed by atoms with van der Waals surface area (Å²) in [5.74, 6) is -2.18. The summed E-state index contributed by atoms with van der Waals surface area (Å²) in [6, 6.07) is 5.11. The van der Waals surface area contributed by atoms with Gasteiger partial charge >= 0.3 is 5.97 Å². The lowest BCUT2D eigenvalue weighted by Crippen LogP contribution is -2.41. The van der Waals surface area contributed by atoms with Crippen molar-refractivity contribution in [1.82, 2.24) is 30.6 Å². The number of hydrogen-bond donors (Lipinski definition) is 6. The number of carboxylic acid groups (broad SMARTS) is 1. The third kappa shape index (κ3) is 7.09. The maximum absolute atomic E-state index is 12.5. The van der Waals surface area contributed by atoms with Gasteiger partial charge in [-0.15, -0.1) is 0 Å². The van der Waals surface area contributed by atoms with Crippen molar-refractivity contribution in [2.24, 2.45) is 0 Å². The van der Waals surface area contributed by atoms with Gasteiger partial charge in [0.15, 0.2) is 11.2 Å². The Labute approximate surface area is 205 Å². The van der Waals surface area contributed by atoms with Crippen molar-refractivity contribution in [3.63, 3.8) is 0 Å². The van der Waals surface area contributed by atoms with Crippen LogP contribution in [0.15, 0.2) is 47.4 Å². The van der Waals surface area contributed by atoms with Gasteiger partial charge < -0.3 is 26.8 Å². The van der Waals surface area contributed by atoms with Gasteiger partial charge in [-0.25, -0.2) is 14.8 Å². The maximum atomic E-state index is 12.5. The van der Waals surface area contributed by atoms with Gasteiger partial charge in [0.1, 0.15) is 6.04 Å². The number of rotatable bonds is 11. The first kappa shape index (κ1) is 25.8. The second-order valence-electron chi connectivity index (χ2n) is 8.05. The molecule has 0 spiro atoms. The van der Waals surface area contributed by atoms with Crippen LogP contribution in [0.3, 0.4) is 0 Å². The number of amides is 2. The van der Waals surface area contributed by atoms with E-state index in [1.54, 1.807) is 19.1 Å². The van der Waals surface area contributed by atoms with Crippen LogP contribution in [0.25, 0.3) is 11.2 Å². The van der Waals surface area contributed by atoms with Crippen LogP contribution in [0.1, 0.15) is 35.8 Å². The number of nitrogens with two attached hydrogens (primary N) is 1. The molecule has 0 aliphatic carbocycles. The van der Waals surface area contributed by atoms with E-state index in [-0.39, 0.29) is 48.0 Å². The molecule has 0 saturated carbocycles. The molecule has 0 aliphatic heterocycles. The van der Waals surface area contributed by atoms with Crippen LogP contribution >= 0.6 is 0 Å². The van der Waals surface area contributed by atoms with E-state index in [0.29, 0.717) is 17.9 Å². The van der Waals surface area contributed by atoms with Gasteiger partial charge in [0.2, 0.25) is 11.9 Å². The molecular weight excluding hydrogens is 468 g/mol. The first-order valence-electron chi connectivity index (χ1n) is 10.9. The minimum Gasteiger partial charge on any atom is -0.480 e. The summed E-state index contributed by atoms with van der Waals surface area (Å²) in [6.07, 6.45) is 1.36. The number of carbonyl (C=O) groups is 3. The van der Waals surface area contributed by atoms with Crippen LogP contribution in [0.4, 0.5) is 11.6 Å². The standard InChI is InChI=1S/C23H26N8O5/c1-12(2)9-26-17(32)8-7-16(22(35)36)29-20(33)13-3-5-14(6-4-13)25-10-15-11-27-19-18(28-15)21(34)31-23(24)30-19/h3-6,11,16,25H,1,7-10H2,2H3,(H,26,32)(H,29,33)(H,35,36)(H3,24,27,30,31,34)/t16-/m0/s1. The molecule has 13 heteroatoms. The number of aromatic amines is 1. The zero-order valence-electron chi connectivity index (χ0n) is 19.5. The molecule has 13 nitrogen and oxygen atoms in total. The molecule has 7 N–H and O–H groups in total. The topological polar surface area (TPSA) is 205 Å². The molecule has 0 fully saturated rings. The lowest BCUT2D eigenvalue weighted by Gasteiger charge is -2.15. The molecule has 3 rings (SSSR count). The van der Waals surface area contributed by atoms with E-state index < -0.39 is 23.5 Å². The van der Waals surface area contributed by atoms with Gasteiger partial charge in [-0.2, -0.15) is 4.98 Å². The van der Waals surface area contributed by atoms with Crippen molar-refractivity contribution in [3.05, 3.63) is 64.2 Å². The molecule has 0 radical (unpaired) electrons. The highest BCUT2D eigenvalue weighted by molar-refractivity contribution is 5.97. The molecule has 1 atom stereocenters. The number of aromatic nitrogens is 4. The number of nitrogen functional groups attached to an aromatic ring is 1. The SMILES string of the molecule is C=C(C)CNC(=O)CC[C@H](NC(=O)c1ccc(NCc2cnc3nc(N)[nH]c(=O)c3n2)cc1)C(=O)O. The fourth-order valence-corrected chi connectivity index (χ4v) is 3.10. The van der Waals surface area contributed by atoms with Gasteiger partial charge in [-0.3, -0.25) is 19.4 Å². The number of nitrogens with zero attached hydrogens (tertiary/aromatic N) is 3. The van der Waals surface area contributed by atoms with Crippen LogP contribution in [0, 0.1) is 0 Å². The Kier molecular flexibility index (Phi) is 8.28. The molecular formula is C23H26N8O5. The monoisotopic (exact) mass is 494 g/mol. The van der Waals surface area contributed by atoms with E-state index in [1.165, 1.54) is 18.3 Å². The second-order valence-corrected chi connectivity index (χ2v) is 8.05. The normalized spacial score (nSPS) is 11.5. The Hall–Kier alpha value is -4.81. The number of benzene rings is 1. The number of anilines is 2. The fourth-order valence-electron chi connectivity index (χ4n) is 3.10. The molecule has 0 aliphatic rings. The highest BCUT2D eigenvalue weighted by Gasteiger charge is 2.21. The number of carbonyl (C=O) groups excluding carboxylic acids is 2. The van der Waals surface area contributed by atoms with E-state index in [4.69, 9.17) is 5.73 Å². The summed E-state index contributed by atoms with van der Waals surface area (Å²) in [6.45, 7) is 5.99. The Morgan fingerprint density at radius 1 is 1.19 bits per heavy atom. The first-order chi connectivity index (χ1) is 17.1. The summed E-state index contributed by atoms with van der Waals surface area (Å²) in [5, 5.41) is 17.6.